The molecule has 0 saturated heterocycles. The van der Waals surface area contributed by atoms with Crippen molar-refractivity contribution >= 4 is 46.9 Å². The number of carbonyl (C=O) groups excluding carboxylic acids is 1. The highest BCUT2D eigenvalue weighted by Gasteiger charge is 2.12. The minimum absolute atomic E-state index is 0.136. The number of aryl methyl sites for hydroxylation is 1. The third-order valence-electron chi connectivity index (χ3n) is 3.46. The summed E-state index contributed by atoms with van der Waals surface area (Å²) in [6, 6.07) is 12.2. The summed E-state index contributed by atoms with van der Waals surface area (Å²) in [5, 5.41) is 17.4. The van der Waals surface area contributed by atoms with Gasteiger partial charge < -0.3 is 0 Å². The maximum atomic E-state index is 11.9. The maximum absolute atomic E-state index is 11.9. The predicted octanol–water partition coefficient (Wildman–Crippen LogP) is 3.84. The van der Waals surface area contributed by atoms with Crippen molar-refractivity contribution in [2.75, 3.05) is 0 Å². The molecule has 0 aliphatic rings. The number of hydrogen-bond acceptors (Lipinski definition) is 5. The van der Waals surface area contributed by atoms with E-state index in [4.69, 9.17) is 34.8 Å². The van der Waals surface area contributed by atoms with E-state index in [9.17, 15) is 4.79 Å². The second-order valence-electron chi connectivity index (χ2n) is 5.41. The minimum Gasteiger partial charge on any atom is -0.273 e. The summed E-state index contributed by atoms with van der Waals surface area (Å²) in [5.74, 6) is 0.0588. The molecule has 3 aromatic rings. The van der Waals surface area contributed by atoms with E-state index in [0.717, 1.165) is 5.56 Å². The van der Waals surface area contributed by atoms with Crippen molar-refractivity contribution < 1.29 is 4.79 Å². The summed E-state index contributed by atoms with van der Waals surface area (Å²) >= 11 is 17.9. The molecular weight excluding hydrogens is 411 g/mol. The highest BCUT2D eigenvalue weighted by molar-refractivity contribution is 6.43. The minimum atomic E-state index is -0.278. The third kappa shape index (κ3) is 5.26. The zero-order chi connectivity index (χ0) is 19.2. The van der Waals surface area contributed by atoms with Crippen LogP contribution in [0.2, 0.25) is 15.1 Å². The highest BCUT2D eigenvalue weighted by atomic mass is 35.5. The number of benzene rings is 2. The molecule has 1 N–H and O–H groups in total. The number of carbonyl (C=O) groups is 1. The third-order valence-corrected chi connectivity index (χ3v) is 4.53. The summed E-state index contributed by atoms with van der Waals surface area (Å²) in [7, 11) is 0. The Labute approximate surface area is 169 Å². The number of halogens is 3. The topological polar surface area (TPSA) is 85.1 Å². The van der Waals surface area contributed by atoms with Crippen LogP contribution < -0.4 is 5.43 Å². The largest absolute Gasteiger partial charge is 0.273 e. The van der Waals surface area contributed by atoms with E-state index in [1.807, 2.05) is 0 Å². The number of rotatable bonds is 6. The van der Waals surface area contributed by atoms with Crippen LogP contribution in [0, 0.1) is 0 Å². The van der Waals surface area contributed by atoms with Crippen molar-refractivity contribution in [3.63, 3.8) is 0 Å². The number of nitrogens with one attached hydrogen (secondary N) is 1. The first-order valence-electron chi connectivity index (χ1n) is 7.82. The van der Waals surface area contributed by atoms with Crippen LogP contribution in [0.5, 0.6) is 0 Å². The van der Waals surface area contributed by atoms with Crippen molar-refractivity contribution in [2.45, 2.75) is 13.0 Å². The van der Waals surface area contributed by atoms with Gasteiger partial charge in [-0.1, -0.05) is 53.0 Å². The van der Waals surface area contributed by atoms with Gasteiger partial charge in [0, 0.05) is 17.0 Å². The van der Waals surface area contributed by atoms with E-state index < -0.39 is 0 Å². The molecule has 0 radical (unpaired) electrons. The second-order valence-corrected chi connectivity index (χ2v) is 6.63. The Morgan fingerprint density at radius 3 is 2.70 bits per heavy atom. The molecule has 0 saturated carbocycles. The summed E-state index contributed by atoms with van der Waals surface area (Å²) in [4.78, 5) is 13.2. The van der Waals surface area contributed by atoms with Gasteiger partial charge in [0.1, 0.15) is 0 Å². The fraction of sp³-hybridized carbons (Fsp3) is 0.118. The molecule has 0 aliphatic carbocycles. The first-order chi connectivity index (χ1) is 13.0. The van der Waals surface area contributed by atoms with E-state index in [1.54, 1.807) is 42.5 Å². The summed E-state index contributed by atoms with van der Waals surface area (Å²) in [6.07, 6.45) is 1.66. The van der Waals surface area contributed by atoms with Crippen molar-refractivity contribution in [2.24, 2.45) is 5.10 Å². The van der Waals surface area contributed by atoms with Gasteiger partial charge in [0.2, 0.25) is 11.7 Å². The van der Waals surface area contributed by atoms with E-state index in [2.05, 4.69) is 25.9 Å². The SMILES string of the molecule is O=C(CCn1nnc(-c2cccc(Cl)c2Cl)n1)N/N=C\c1ccc(Cl)cc1. The summed E-state index contributed by atoms with van der Waals surface area (Å²) < 4.78 is 0. The van der Waals surface area contributed by atoms with Crippen molar-refractivity contribution in [1.29, 1.82) is 0 Å². The van der Waals surface area contributed by atoms with Gasteiger partial charge in [0.15, 0.2) is 0 Å². The van der Waals surface area contributed by atoms with Gasteiger partial charge in [0.05, 0.1) is 22.8 Å². The number of nitrogens with zero attached hydrogens (tertiary/aromatic N) is 5. The molecule has 0 atom stereocenters. The molecule has 3 rings (SSSR count). The Bertz CT molecular complexity index is 971. The fourth-order valence-corrected chi connectivity index (χ4v) is 2.62. The zero-order valence-electron chi connectivity index (χ0n) is 13.8. The Kier molecular flexibility index (Phi) is 6.39. The molecule has 0 fully saturated rings. The first-order valence-corrected chi connectivity index (χ1v) is 8.96. The van der Waals surface area contributed by atoms with Crippen LogP contribution in [0.25, 0.3) is 11.4 Å². The van der Waals surface area contributed by atoms with Gasteiger partial charge in [-0.3, -0.25) is 4.79 Å². The predicted molar refractivity (Wildman–Crippen MR) is 105 cm³/mol. The van der Waals surface area contributed by atoms with Gasteiger partial charge in [-0.2, -0.15) is 9.90 Å². The number of tetrazole rings is 1. The van der Waals surface area contributed by atoms with Crippen LogP contribution in [-0.2, 0) is 11.3 Å². The monoisotopic (exact) mass is 422 g/mol. The second kappa shape index (κ2) is 8.94. The summed E-state index contributed by atoms with van der Waals surface area (Å²) in [5.41, 5.74) is 3.84. The van der Waals surface area contributed by atoms with E-state index in [0.29, 0.717) is 26.5 Å². The Balaban J connectivity index is 1.53. The fourth-order valence-electron chi connectivity index (χ4n) is 2.11. The normalized spacial score (nSPS) is 11.1. The quantitative estimate of drug-likeness (QED) is 0.482. The Morgan fingerprint density at radius 2 is 1.93 bits per heavy atom. The lowest BCUT2D eigenvalue weighted by molar-refractivity contribution is -0.121. The van der Waals surface area contributed by atoms with E-state index in [1.165, 1.54) is 11.0 Å². The van der Waals surface area contributed by atoms with Crippen LogP contribution in [-0.4, -0.2) is 32.3 Å². The van der Waals surface area contributed by atoms with Crippen LogP contribution >= 0.6 is 34.8 Å². The molecule has 2 aromatic carbocycles. The van der Waals surface area contributed by atoms with Gasteiger partial charge in [-0.25, -0.2) is 5.43 Å². The maximum Gasteiger partial charge on any atom is 0.241 e. The van der Waals surface area contributed by atoms with Crippen LogP contribution in [0.1, 0.15) is 12.0 Å². The average molecular weight is 424 g/mol. The number of hydrazone groups is 1. The van der Waals surface area contributed by atoms with Gasteiger partial charge >= 0.3 is 0 Å². The average Bonchev–Trinajstić information content (AvgIpc) is 3.13. The van der Waals surface area contributed by atoms with E-state index >= 15 is 0 Å². The van der Waals surface area contributed by atoms with E-state index in [-0.39, 0.29) is 18.9 Å². The number of amides is 1. The molecule has 7 nitrogen and oxygen atoms in total. The van der Waals surface area contributed by atoms with Crippen LogP contribution in [0.4, 0.5) is 0 Å². The molecule has 1 amide bonds. The number of aromatic nitrogens is 4. The van der Waals surface area contributed by atoms with Crippen molar-refractivity contribution in [3.05, 3.63) is 63.1 Å². The molecular formula is C17H13Cl3N6O. The smallest absolute Gasteiger partial charge is 0.241 e. The van der Waals surface area contributed by atoms with Gasteiger partial charge in [-0.15, -0.1) is 10.2 Å². The first kappa shape index (κ1) is 19.3. The molecule has 0 bridgehead atoms. The molecule has 138 valence electrons. The number of hydrogen-bond donors (Lipinski definition) is 1. The standard InChI is InChI=1S/C17H13Cl3N6O/c18-12-6-4-11(5-7-12)10-21-22-15(27)8-9-26-24-17(23-25-26)13-2-1-3-14(19)16(13)20/h1-7,10H,8-9H2,(H,22,27)/b21-10-. The molecule has 0 unspecified atom stereocenters. The van der Waals surface area contributed by atoms with Gasteiger partial charge in [-0.05, 0) is 35.0 Å². The lowest BCUT2D eigenvalue weighted by atomic mass is 10.2. The Morgan fingerprint density at radius 1 is 1.15 bits per heavy atom. The molecule has 1 aromatic heterocycles. The highest BCUT2D eigenvalue weighted by Crippen LogP contribution is 2.31. The van der Waals surface area contributed by atoms with Crippen molar-refractivity contribution in [1.82, 2.24) is 25.6 Å². The molecule has 0 spiro atoms. The van der Waals surface area contributed by atoms with Crippen LogP contribution in [0.15, 0.2) is 47.6 Å². The Hall–Kier alpha value is -2.48. The van der Waals surface area contributed by atoms with Crippen LogP contribution in [0.3, 0.4) is 0 Å². The molecule has 1 heterocycles. The van der Waals surface area contributed by atoms with Gasteiger partial charge in [0.25, 0.3) is 0 Å². The van der Waals surface area contributed by atoms with Crippen molar-refractivity contribution in [3.8, 4) is 11.4 Å². The lowest BCUT2D eigenvalue weighted by Gasteiger charge is -2.01. The molecule has 27 heavy (non-hydrogen) atoms. The zero-order valence-corrected chi connectivity index (χ0v) is 16.1. The molecule has 10 heteroatoms. The molecule has 0 aliphatic heterocycles. The lowest BCUT2D eigenvalue weighted by Crippen LogP contribution is -2.20. The summed E-state index contributed by atoms with van der Waals surface area (Å²) in [6.45, 7) is 0.244.